The Morgan fingerprint density at radius 3 is 2.38 bits per heavy atom. The van der Waals surface area contributed by atoms with Gasteiger partial charge in [-0.2, -0.15) is 24.9 Å². The highest BCUT2D eigenvalue weighted by Crippen LogP contribution is 2.46. The fraction of sp³-hybridized carbons (Fsp3) is 0.857. The zero-order chi connectivity index (χ0) is 10.1. The molecule has 1 amide bonds. The summed E-state index contributed by atoms with van der Waals surface area (Å²) in [7, 11) is 0. The Labute approximate surface area is 78.3 Å². The van der Waals surface area contributed by atoms with Crippen molar-refractivity contribution in [1.82, 2.24) is 5.32 Å². The molecule has 0 bridgehead atoms. The summed E-state index contributed by atoms with van der Waals surface area (Å²) in [6.07, 6.45) is -1.15. The lowest BCUT2D eigenvalue weighted by Gasteiger charge is -2.13. The van der Waals surface area contributed by atoms with Crippen molar-refractivity contribution >= 4 is 17.7 Å². The second kappa shape index (κ2) is 3.40. The molecule has 0 radical (unpaired) electrons. The Balaban J connectivity index is 2.31. The standard InChI is InChI=1S/C7H10F3NOS/c1-13-6(2-3-6)4-11-5(12)7(8,9)10/h2-4H2,1H3,(H,11,12). The first-order valence-corrected chi connectivity index (χ1v) is 5.02. The maximum Gasteiger partial charge on any atom is 0.471 e. The predicted octanol–water partition coefficient (Wildman–Crippen LogP) is 1.56. The van der Waals surface area contributed by atoms with Gasteiger partial charge in [0, 0.05) is 11.3 Å². The molecule has 13 heavy (non-hydrogen) atoms. The summed E-state index contributed by atoms with van der Waals surface area (Å²) in [6, 6.07) is 0. The lowest BCUT2D eigenvalue weighted by Crippen LogP contribution is -2.40. The van der Waals surface area contributed by atoms with E-state index in [1.54, 1.807) is 0 Å². The van der Waals surface area contributed by atoms with Crippen molar-refractivity contribution in [2.75, 3.05) is 12.8 Å². The van der Waals surface area contributed by atoms with Gasteiger partial charge in [0.15, 0.2) is 0 Å². The van der Waals surface area contributed by atoms with E-state index in [4.69, 9.17) is 0 Å². The van der Waals surface area contributed by atoms with Gasteiger partial charge in [0.05, 0.1) is 0 Å². The molecular formula is C7H10F3NOS. The molecule has 2 nitrogen and oxygen atoms in total. The van der Waals surface area contributed by atoms with Crippen molar-refractivity contribution in [3.8, 4) is 0 Å². The van der Waals surface area contributed by atoms with Gasteiger partial charge in [0.25, 0.3) is 0 Å². The fourth-order valence-electron chi connectivity index (χ4n) is 0.934. The molecule has 0 heterocycles. The van der Waals surface area contributed by atoms with Crippen LogP contribution in [0.25, 0.3) is 0 Å². The third kappa shape index (κ3) is 2.79. The molecule has 0 aromatic heterocycles. The minimum absolute atomic E-state index is 0.118. The Bertz CT molecular complexity index is 212. The molecule has 1 aliphatic rings. The van der Waals surface area contributed by atoms with E-state index in [-0.39, 0.29) is 11.3 Å². The highest BCUT2D eigenvalue weighted by Gasteiger charge is 2.45. The van der Waals surface area contributed by atoms with Gasteiger partial charge in [-0.25, -0.2) is 0 Å². The van der Waals surface area contributed by atoms with Gasteiger partial charge >= 0.3 is 12.1 Å². The molecule has 0 aromatic rings. The molecule has 0 saturated heterocycles. The van der Waals surface area contributed by atoms with E-state index in [1.165, 1.54) is 11.8 Å². The second-order valence-corrected chi connectivity index (χ2v) is 4.34. The summed E-state index contributed by atoms with van der Waals surface area (Å²) in [5, 5.41) is 1.89. The van der Waals surface area contributed by atoms with Crippen molar-refractivity contribution in [2.45, 2.75) is 23.8 Å². The van der Waals surface area contributed by atoms with Gasteiger partial charge in [0.2, 0.25) is 0 Å². The van der Waals surface area contributed by atoms with Crippen molar-refractivity contribution < 1.29 is 18.0 Å². The lowest BCUT2D eigenvalue weighted by molar-refractivity contribution is -0.173. The quantitative estimate of drug-likeness (QED) is 0.770. The maximum atomic E-state index is 11.7. The summed E-state index contributed by atoms with van der Waals surface area (Å²) >= 11 is 1.51. The molecule has 0 aliphatic heterocycles. The summed E-state index contributed by atoms with van der Waals surface area (Å²) < 4.78 is 35.1. The van der Waals surface area contributed by atoms with Gasteiger partial charge in [-0.3, -0.25) is 4.79 Å². The van der Waals surface area contributed by atoms with E-state index in [2.05, 4.69) is 0 Å². The number of amides is 1. The third-order valence-electron chi connectivity index (χ3n) is 2.07. The molecule has 1 N–H and O–H groups in total. The van der Waals surface area contributed by atoms with Crippen LogP contribution in [0.1, 0.15) is 12.8 Å². The Kier molecular flexibility index (Phi) is 2.79. The minimum Gasteiger partial charge on any atom is -0.347 e. The van der Waals surface area contributed by atoms with Crippen LogP contribution < -0.4 is 5.32 Å². The monoisotopic (exact) mass is 213 g/mol. The Hall–Kier alpha value is -0.390. The highest BCUT2D eigenvalue weighted by atomic mass is 32.2. The fourth-order valence-corrected chi connectivity index (χ4v) is 1.66. The molecule has 76 valence electrons. The topological polar surface area (TPSA) is 29.1 Å². The van der Waals surface area contributed by atoms with Crippen LogP contribution >= 0.6 is 11.8 Å². The number of rotatable bonds is 3. The van der Waals surface area contributed by atoms with Crippen molar-refractivity contribution in [3.63, 3.8) is 0 Å². The number of hydrogen-bond donors (Lipinski definition) is 1. The van der Waals surface area contributed by atoms with Crippen LogP contribution in [0, 0.1) is 0 Å². The molecule has 1 rings (SSSR count). The van der Waals surface area contributed by atoms with Gasteiger partial charge in [-0.05, 0) is 19.1 Å². The molecule has 0 aromatic carbocycles. The molecule has 6 heteroatoms. The first kappa shape index (κ1) is 10.7. The largest absolute Gasteiger partial charge is 0.471 e. The Morgan fingerprint density at radius 2 is 2.08 bits per heavy atom. The molecule has 0 unspecified atom stereocenters. The van der Waals surface area contributed by atoms with E-state index in [0.717, 1.165) is 12.8 Å². The van der Waals surface area contributed by atoms with E-state index in [9.17, 15) is 18.0 Å². The lowest BCUT2D eigenvalue weighted by atomic mass is 10.4. The van der Waals surface area contributed by atoms with Gasteiger partial charge < -0.3 is 5.32 Å². The van der Waals surface area contributed by atoms with Crippen LogP contribution in [-0.4, -0.2) is 29.6 Å². The van der Waals surface area contributed by atoms with E-state index in [0.29, 0.717) is 0 Å². The summed E-state index contributed by atoms with van der Waals surface area (Å²) in [4.78, 5) is 10.4. The first-order valence-electron chi connectivity index (χ1n) is 3.80. The average molecular weight is 213 g/mol. The number of alkyl halides is 3. The van der Waals surface area contributed by atoms with Crippen LogP contribution in [0.15, 0.2) is 0 Å². The summed E-state index contributed by atoms with van der Waals surface area (Å²) in [5.74, 6) is -1.84. The normalized spacial score (nSPS) is 19.7. The van der Waals surface area contributed by atoms with E-state index >= 15 is 0 Å². The number of thioether (sulfide) groups is 1. The number of carbonyl (C=O) groups excluding carboxylic acids is 1. The van der Waals surface area contributed by atoms with Crippen molar-refractivity contribution in [1.29, 1.82) is 0 Å². The average Bonchev–Trinajstić information content (AvgIpc) is 2.79. The zero-order valence-corrected chi connectivity index (χ0v) is 7.89. The molecule has 0 spiro atoms. The smallest absolute Gasteiger partial charge is 0.347 e. The van der Waals surface area contributed by atoms with Crippen LogP contribution in [0.4, 0.5) is 13.2 Å². The maximum absolute atomic E-state index is 11.7. The Morgan fingerprint density at radius 1 is 1.54 bits per heavy atom. The van der Waals surface area contributed by atoms with Crippen LogP contribution in [0.3, 0.4) is 0 Å². The van der Waals surface area contributed by atoms with Gasteiger partial charge in [-0.15, -0.1) is 0 Å². The molecule has 0 atom stereocenters. The van der Waals surface area contributed by atoms with E-state index < -0.39 is 12.1 Å². The van der Waals surface area contributed by atoms with Crippen molar-refractivity contribution in [2.24, 2.45) is 0 Å². The third-order valence-corrected chi connectivity index (χ3v) is 3.49. The zero-order valence-electron chi connectivity index (χ0n) is 7.07. The number of carbonyl (C=O) groups is 1. The van der Waals surface area contributed by atoms with Crippen molar-refractivity contribution in [3.05, 3.63) is 0 Å². The van der Waals surface area contributed by atoms with Crippen LogP contribution in [0.5, 0.6) is 0 Å². The minimum atomic E-state index is -4.76. The number of hydrogen-bond acceptors (Lipinski definition) is 2. The summed E-state index contributed by atoms with van der Waals surface area (Å²) in [5.41, 5.74) is 0. The number of halogens is 3. The number of nitrogens with one attached hydrogen (secondary N) is 1. The molecule has 1 saturated carbocycles. The second-order valence-electron chi connectivity index (χ2n) is 3.07. The van der Waals surface area contributed by atoms with Crippen LogP contribution in [-0.2, 0) is 4.79 Å². The van der Waals surface area contributed by atoms with Crippen LogP contribution in [0.2, 0.25) is 0 Å². The van der Waals surface area contributed by atoms with E-state index in [1.807, 2.05) is 11.6 Å². The molecule has 1 aliphatic carbocycles. The summed E-state index contributed by atoms with van der Waals surface area (Å²) in [6.45, 7) is 0.118. The predicted molar refractivity (Wildman–Crippen MR) is 44.5 cm³/mol. The SMILES string of the molecule is CSC1(CNC(=O)C(F)(F)F)CC1. The van der Waals surface area contributed by atoms with Gasteiger partial charge in [0.1, 0.15) is 0 Å². The molecule has 1 fully saturated rings. The first-order chi connectivity index (χ1) is 5.90. The highest BCUT2D eigenvalue weighted by molar-refractivity contribution is 8.00. The molecular weight excluding hydrogens is 203 g/mol. The van der Waals surface area contributed by atoms with Gasteiger partial charge in [-0.1, -0.05) is 0 Å².